The zero-order valence-corrected chi connectivity index (χ0v) is 9.52. The zero-order valence-electron chi connectivity index (χ0n) is 8.70. The van der Waals surface area contributed by atoms with E-state index in [2.05, 4.69) is 11.8 Å². The van der Waals surface area contributed by atoms with Gasteiger partial charge in [0.25, 0.3) is 0 Å². The third-order valence-electron chi connectivity index (χ3n) is 1.81. The van der Waals surface area contributed by atoms with Crippen molar-refractivity contribution in [2.75, 3.05) is 5.75 Å². The molecule has 3 heteroatoms. The molecule has 0 fully saturated rings. The van der Waals surface area contributed by atoms with E-state index >= 15 is 0 Å². The molecule has 1 rings (SSSR count). The first-order valence-electron chi connectivity index (χ1n) is 4.52. The van der Waals surface area contributed by atoms with E-state index in [1.54, 1.807) is 12.1 Å². The Morgan fingerprint density at radius 3 is 2.87 bits per heavy atom. The fourth-order valence-corrected chi connectivity index (χ4v) is 1.42. The third kappa shape index (κ3) is 3.69. The van der Waals surface area contributed by atoms with E-state index in [1.165, 1.54) is 18.7 Å². The summed E-state index contributed by atoms with van der Waals surface area (Å²) in [6, 6.07) is 5.27. The van der Waals surface area contributed by atoms with Crippen molar-refractivity contribution in [1.29, 1.82) is 0 Å². The molecule has 0 saturated heterocycles. The van der Waals surface area contributed by atoms with Gasteiger partial charge in [-0.3, -0.25) is 4.79 Å². The number of benzene rings is 1. The molecule has 0 amide bonds. The van der Waals surface area contributed by atoms with E-state index in [1.807, 2.05) is 13.0 Å². The van der Waals surface area contributed by atoms with E-state index in [0.717, 1.165) is 5.56 Å². The number of carbonyl (C=O) groups excluding carboxylic acids is 1. The molecule has 0 aliphatic rings. The highest BCUT2D eigenvalue weighted by Gasteiger charge is 1.99. The van der Waals surface area contributed by atoms with E-state index in [4.69, 9.17) is 0 Å². The van der Waals surface area contributed by atoms with Crippen molar-refractivity contribution in [3.8, 4) is 17.6 Å². The quantitative estimate of drug-likeness (QED) is 0.738. The molecule has 0 bridgehead atoms. The van der Waals surface area contributed by atoms with Gasteiger partial charge >= 0.3 is 0 Å². The molecule has 0 saturated carbocycles. The standard InChI is InChI=1S/C12H12O2S/c1-9-5-3-7-12(14)11(9)6-4-8-15-10(2)13/h3,5,7,14H,8H2,1-2H3. The Balaban J connectivity index is 2.75. The lowest BCUT2D eigenvalue weighted by Gasteiger charge is -1.99. The van der Waals surface area contributed by atoms with Gasteiger partial charge in [0.2, 0.25) is 0 Å². The number of phenols is 1. The molecule has 2 nitrogen and oxygen atoms in total. The molecule has 1 N–H and O–H groups in total. The van der Waals surface area contributed by atoms with Crippen LogP contribution in [0.3, 0.4) is 0 Å². The molecule has 0 atom stereocenters. The first-order valence-corrected chi connectivity index (χ1v) is 5.50. The molecule has 15 heavy (non-hydrogen) atoms. The van der Waals surface area contributed by atoms with Crippen LogP contribution in [0.15, 0.2) is 18.2 Å². The van der Waals surface area contributed by atoms with Gasteiger partial charge in [-0.25, -0.2) is 0 Å². The van der Waals surface area contributed by atoms with E-state index in [9.17, 15) is 9.90 Å². The second kappa shape index (κ2) is 5.47. The zero-order chi connectivity index (χ0) is 11.3. The van der Waals surface area contributed by atoms with Crippen LogP contribution in [0.2, 0.25) is 0 Å². The van der Waals surface area contributed by atoms with Crippen LogP contribution in [0.25, 0.3) is 0 Å². The van der Waals surface area contributed by atoms with Crippen molar-refractivity contribution in [1.82, 2.24) is 0 Å². The first-order chi connectivity index (χ1) is 7.11. The molecule has 0 spiro atoms. The molecule has 78 valence electrons. The Bertz CT molecular complexity index is 407. The molecule has 1 aromatic carbocycles. The maximum atomic E-state index is 10.6. The summed E-state index contributed by atoms with van der Waals surface area (Å²) in [5, 5.41) is 9.58. The Morgan fingerprint density at radius 1 is 1.53 bits per heavy atom. The lowest BCUT2D eigenvalue weighted by molar-refractivity contribution is -0.109. The lowest BCUT2D eigenvalue weighted by atomic mass is 10.1. The Labute approximate surface area is 93.7 Å². The molecule has 0 unspecified atom stereocenters. The van der Waals surface area contributed by atoms with Crippen molar-refractivity contribution in [3.63, 3.8) is 0 Å². The number of thioether (sulfide) groups is 1. The minimum absolute atomic E-state index is 0.0540. The Kier molecular flexibility index (Phi) is 4.26. The van der Waals surface area contributed by atoms with Gasteiger partial charge in [0.15, 0.2) is 5.12 Å². The van der Waals surface area contributed by atoms with E-state index in [-0.39, 0.29) is 10.9 Å². The summed E-state index contributed by atoms with van der Waals surface area (Å²) < 4.78 is 0. The van der Waals surface area contributed by atoms with Crippen LogP contribution in [-0.2, 0) is 4.79 Å². The van der Waals surface area contributed by atoms with Crippen molar-refractivity contribution in [2.24, 2.45) is 0 Å². The molecule has 0 heterocycles. The maximum Gasteiger partial charge on any atom is 0.186 e. The van der Waals surface area contributed by atoms with Gasteiger partial charge in [0.05, 0.1) is 11.3 Å². The van der Waals surface area contributed by atoms with Gasteiger partial charge in [-0.15, -0.1) is 0 Å². The predicted molar refractivity (Wildman–Crippen MR) is 62.9 cm³/mol. The fourth-order valence-electron chi connectivity index (χ4n) is 1.08. The first kappa shape index (κ1) is 11.7. The summed E-state index contributed by atoms with van der Waals surface area (Å²) in [7, 11) is 0. The Hall–Kier alpha value is -1.40. The van der Waals surface area contributed by atoms with Crippen molar-refractivity contribution in [2.45, 2.75) is 13.8 Å². The largest absolute Gasteiger partial charge is 0.507 e. The smallest absolute Gasteiger partial charge is 0.186 e. The normalized spacial score (nSPS) is 9.20. The lowest BCUT2D eigenvalue weighted by Crippen LogP contribution is -1.85. The minimum Gasteiger partial charge on any atom is -0.507 e. The molecule has 0 aromatic heterocycles. The van der Waals surface area contributed by atoms with Gasteiger partial charge in [-0.05, 0) is 18.6 Å². The van der Waals surface area contributed by atoms with E-state index < -0.39 is 0 Å². The molecule has 0 aliphatic heterocycles. The molecule has 0 radical (unpaired) electrons. The number of hydrogen-bond acceptors (Lipinski definition) is 3. The van der Waals surface area contributed by atoms with Gasteiger partial charge in [0, 0.05) is 6.92 Å². The maximum absolute atomic E-state index is 10.6. The van der Waals surface area contributed by atoms with Crippen molar-refractivity contribution < 1.29 is 9.90 Å². The predicted octanol–water partition coefficient (Wildman–Crippen LogP) is 2.33. The topological polar surface area (TPSA) is 37.3 Å². The second-order valence-corrected chi connectivity index (χ2v) is 4.20. The third-order valence-corrected chi connectivity index (χ3v) is 2.51. The number of rotatable bonds is 1. The van der Waals surface area contributed by atoms with Crippen LogP contribution in [0, 0.1) is 18.8 Å². The summed E-state index contributed by atoms with van der Waals surface area (Å²) in [6.07, 6.45) is 0. The fraction of sp³-hybridized carbons (Fsp3) is 0.250. The van der Waals surface area contributed by atoms with Crippen molar-refractivity contribution >= 4 is 16.9 Å². The minimum atomic E-state index is 0.0540. The number of hydrogen-bond donors (Lipinski definition) is 1. The SMILES string of the molecule is CC(=O)SCC#Cc1c(C)cccc1O. The highest BCUT2D eigenvalue weighted by atomic mass is 32.2. The summed E-state index contributed by atoms with van der Waals surface area (Å²) in [5.41, 5.74) is 1.58. The summed E-state index contributed by atoms with van der Waals surface area (Å²) in [5.74, 6) is 6.36. The summed E-state index contributed by atoms with van der Waals surface area (Å²) in [6.45, 7) is 3.40. The van der Waals surface area contributed by atoms with Gasteiger partial charge in [-0.2, -0.15) is 0 Å². The van der Waals surface area contributed by atoms with Gasteiger partial charge in [0.1, 0.15) is 5.75 Å². The second-order valence-electron chi connectivity index (χ2n) is 3.05. The number of carbonyl (C=O) groups is 1. The molecule has 1 aromatic rings. The van der Waals surface area contributed by atoms with Crippen LogP contribution in [0.5, 0.6) is 5.75 Å². The number of aryl methyl sites for hydroxylation is 1. The van der Waals surface area contributed by atoms with Crippen LogP contribution in [0.4, 0.5) is 0 Å². The van der Waals surface area contributed by atoms with Crippen LogP contribution in [-0.4, -0.2) is 16.0 Å². The average Bonchev–Trinajstić information content (AvgIpc) is 2.15. The monoisotopic (exact) mass is 220 g/mol. The number of phenolic OH excluding ortho intramolecular Hbond substituents is 1. The average molecular weight is 220 g/mol. The summed E-state index contributed by atoms with van der Waals surface area (Å²) in [4.78, 5) is 10.6. The van der Waals surface area contributed by atoms with E-state index in [0.29, 0.717) is 11.3 Å². The van der Waals surface area contributed by atoms with Gasteiger partial charge in [-0.1, -0.05) is 35.7 Å². The molecular formula is C12H12O2S. The van der Waals surface area contributed by atoms with Crippen LogP contribution in [0.1, 0.15) is 18.1 Å². The molecule has 0 aliphatic carbocycles. The highest BCUT2D eigenvalue weighted by Crippen LogP contribution is 2.18. The van der Waals surface area contributed by atoms with Gasteiger partial charge < -0.3 is 5.11 Å². The molecular weight excluding hydrogens is 208 g/mol. The number of aromatic hydroxyl groups is 1. The van der Waals surface area contributed by atoms with Crippen LogP contribution < -0.4 is 0 Å². The Morgan fingerprint density at radius 2 is 2.27 bits per heavy atom. The van der Waals surface area contributed by atoms with Crippen molar-refractivity contribution in [3.05, 3.63) is 29.3 Å². The van der Waals surface area contributed by atoms with Crippen LogP contribution >= 0.6 is 11.8 Å². The summed E-state index contributed by atoms with van der Waals surface area (Å²) >= 11 is 1.17. The highest BCUT2D eigenvalue weighted by molar-refractivity contribution is 8.13.